The van der Waals surface area contributed by atoms with Crippen LogP contribution >= 0.6 is 12.2 Å². The molecule has 1 N–H and O–H groups in total. The van der Waals surface area contributed by atoms with E-state index in [4.69, 9.17) is 17.0 Å². The topological polar surface area (TPSA) is 58.6 Å². The van der Waals surface area contributed by atoms with Crippen LogP contribution in [0.3, 0.4) is 0 Å². The molecule has 1 atom stereocenters. The highest BCUT2D eigenvalue weighted by Crippen LogP contribution is 2.32. The molecule has 5 nitrogen and oxygen atoms in total. The number of thiocarbonyl (C=S) groups is 1. The van der Waals surface area contributed by atoms with Gasteiger partial charge in [-0.3, -0.25) is 19.8 Å². The Morgan fingerprint density at radius 2 is 1.81 bits per heavy atom. The molecule has 4 rings (SSSR count). The van der Waals surface area contributed by atoms with Crippen molar-refractivity contribution in [1.29, 1.82) is 0 Å². The summed E-state index contributed by atoms with van der Waals surface area (Å²) in [6.45, 7) is 3.97. The summed E-state index contributed by atoms with van der Waals surface area (Å²) in [6, 6.07) is 16.8. The van der Waals surface area contributed by atoms with Crippen LogP contribution in [0.1, 0.15) is 25.8 Å². The van der Waals surface area contributed by atoms with E-state index in [0.29, 0.717) is 17.0 Å². The molecule has 2 amide bonds. The standard InChI is InChI=1S/C25H21FN2O3S/c1-3-15(2)31-22-13-8-16-6-4-5-7-19(16)20(22)14-21-23(29)27-25(32)28(24(21)30)18-11-9-17(26)10-12-18/h4-15H,3H2,1-2H3,(H,27,29,32)/b21-14-/t15-/m0/s1. The lowest BCUT2D eigenvalue weighted by molar-refractivity contribution is -0.122. The van der Waals surface area contributed by atoms with Crippen LogP contribution in [-0.4, -0.2) is 23.0 Å². The Morgan fingerprint density at radius 1 is 1.09 bits per heavy atom. The van der Waals surface area contributed by atoms with Gasteiger partial charge >= 0.3 is 0 Å². The number of ether oxygens (including phenoxy) is 1. The van der Waals surface area contributed by atoms with Crippen molar-refractivity contribution >= 4 is 51.7 Å². The highest BCUT2D eigenvalue weighted by Gasteiger charge is 2.35. The molecule has 7 heteroatoms. The molecule has 162 valence electrons. The molecule has 0 spiro atoms. The molecule has 1 fully saturated rings. The summed E-state index contributed by atoms with van der Waals surface area (Å²) in [7, 11) is 0. The molecule has 0 saturated carbocycles. The highest BCUT2D eigenvalue weighted by molar-refractivity contribution is 7.80. The van der Waals surface area contributed by atoms with Gasteiger partial charge in [-0.2, -0.15) is 0 Å². The van der Waals surface area contributed by atoms with Gasteiger partial charge in [0.2, 0.25) is 0 Å². The lowest BCUT2D eigenvalue weighted by atomic mass is 9.99. The average molecular weight is 449 g/mol. The minimum Gasteiger partial charge on any atom is -0.490 e. The summed E-state index contributed by atoms with van der Waals surface area (Å²) in [5.41, 5.74) is 0.906. The van der Waals surface area contributed by atoms with Crippen molar-refractivity contribution in [1.82, 2.24) is 5.32 Å². The largest absolute Gasteiger partial charge is 0.490 e. The SMILES string of the molecule is CC[C@H](C)Oc1ccc2ccccc2c1/C=C1/C(=O)NC(=S)N(c2ccc(F)cc2)C1=O. The van der Waals surface area contributed by atoms with E-state index in [9.17, 15) is 14.0 Å². The third-order valence-electron chi connectivity index (χ3n) is 5.31. The van der Waals surface area contributed by atoms with Crippen LogP contribution in [0.5, 0.6) is 5.75 Å². The number of anilines is 1. The van der Waals surface area contributed by atoms with Gasteiger partial charge in [-0.05, 0) is 72.7 Å². The summed E-state index contributed by atoms with van der Waals surface area (Å²) in [6.07, 6.45) is 2.29. The summed E-state index contributed by atoms with van der Waals surface area (Å²) >= 11 is 5.22. The number of fused-ring (bicyclic) bond motifs is 1. The first-order chi connectivity index (χ1) is 15.4. The molecule has 0 unspecified atom stereocenters. The number of nitrogens with one attached hydrogen (secondary N) is 1. The molecule has 0 radical (unpaired) electrons. The maximum Gasteiger partial charge on any atom is 0.270 e. The Morgan fingerprint density at radius 3 is 2.53 bits per heavy atom. The number of nitrogens with zero attached hydrogens (tertiary/aromatic N) is 1. The van der Waals surface area contributed by atoms with E-state index < -0.39 is 17.6 Å². The fraction of sp³-hybridized carbons (Fsp3) is 0.160. The van der Waals surface area contributed by atoms with Crippen LogP contribution in [-0.2, 0) is 9.59 Å². The molecular weight excluding hydrogens is 427 g/mol. The molecule has 1 heterocycles. The molecule has 1 saturated heterocycles. The van der Waals surface area contributed by atoms with Gasteiger partial charge in [-0.25, -0.2) is 4.39 Å². The number of carbonyl (C=O) groups is 2. The zero-order valence-corrected chi connectivity index (χ0v) is 18.4. The van der Waals surface area contributed by atoms with Crippen LogP contribution in [0.2, 0.25) is 0 Å². The van der Waals surface area contributed by atoms with Crippen molar-refractivity contribution in [3.63, 3.8) is 0 Å². The summed E-state index contributed by atoms with van der Waals surface area (Å²) in [5, 5.41) is 4.30. The predicted octanol–water partition coefficient (Wildman–Crippen LogP) is 4.99. The molecule has 0 bridgehead atoms. The van der Waals surface area contributed by atoms with Crippen LogP contribution < -0.4 is 15.0 Å². The fourth-order valence-corrected chi connectivity index (χ4v) is 3.73. The molecular formula is C25H21FN2O3S. The van der Waals surface area contributed by atoms with Gasteiger partial charge in [0.1, 0.15) is 17.1 Å². The van der Waals surface area contributed by atoms with E-state index >= 15 is 0 Å². The third kappa shape index (κ3) is 4.11. The monoisotopic (exact) mass is 448 g/mol. The van der Waals surface area contributed by atoms with Gasteiger partial charge < -0.3 is 4.74 Å². The maximum absolute atomic E-state index is 13.4. The van der Waals surface area contributed by atoms with Gasteiger partial charge in [-0.15, -0.1) is 0 Å². The second-order valence-electron chi connectivity index (χ2n) is 7.47. The Hall–Kier alpha value is -3.58. The number of hydrogen-bond donors (Lipinski definition) is 1. The molecule has 32 heavy (non-hydrogen) atoms. The van der Waals surface area contributed by atoms with Gasteiger partial charge in [0.05, 0.1) is 11.8 Å². The lowest BCUT2D eigenvalue weighted by Gasteiger charge is -2.29. The maximum atomic E-state index is 13.4. The van der Waals surface area contributed by atoms with Crippen LogP contribution in [0.25, 0.3) is 16.8 Å². The first-order valence-electron chi connectivity index (χ1n) is 10.2. The van der Waals surface area contributed by atoms with Crippen molar-refractivity contribution in [3.8, 4) is 5.75 Å². The van der Waals surface area contributed by atoms with Crippen molar-refractivity contribution in [2.45, 2.75) is 26.4 Å². The average Bonchev–Trinajstić information content (AvgIpc) is 2.78. The predicted molar refractivity (Wildman–Crippen MR) is 127 cm³/mol. The molecule has 0 aromatic heterocycles. The highest BCUT2D eigenvalue weighted by atomic mass is 32.1. The fourth-order valence-electron chi connectivity index (χ4n) is 3.45. The van der Waals surface area contributed by atoms with Crippen molar-refractivity contribution in [2.75, 3.05) is 4.90 Å². The molecule has 3 aromatic carbocycles. The molecule has 0 aliphatic carbocycles. The van der Waals surface area contributed by atoms with Crippen molar-refractivity contribution in [3.05, 3.63) is 77.6 Å². The number of benzene rings is 3. The van der Waals surface area contributed by atoms with E-state index in [-0.39, 0.29) is 16.8 Å². The lowest BCUT2D eigenvalue weighted by Crippen LogP contribution is -2.54. The minimum atomic E-state index is -0.596. The van der Waals surface area contributed by atoms with Crippen LogP contribution in [0, 0.1) is 5.82 Å². The Bertz CT molecular complexity index is 1250. The van der Waals surface area contributed by atoms with E-state index in [2.05, 4.69) is 5.32 Å². The third-order valence-corrected chi connectivity index (χ3v) is 5.59. The number of carbonyl (C=O) groups excluding carboxylic acids is 2. The number of amides is 2. The summed E-state index contributed by atoms with van der Waals surface area (Å²) in [5.74, 6) is -1.05. The second kappa shape index (κ2) is 8.88. The first-order valence-corrected chi connectivity index (χ1v) is 10.6. The smallest absolute Gasteiger partial charge is 0.270 e. The first kappa shape index (κ1) is 21.6. The number of rotatable bonds is 5. The quantitative estimate of drug-likeness (QED) is 0.340. The zero-order chi connectivity index (χ0) is 22.8. The Kier molecular flexibility index (Phi) is 6.01. The van der Waals surface area contributed by atoms with E-state index in [1.807, 2.05) is 50.2 Å². The normalized spacial score (nSPS) is 16.4. The molecule has 3 aromatic rings. The second-order valence-corrected chi connectivity index (χ2v) is 7.86. The molecule has 1 aliphatic heterocycles. The van der Waals surface area contributed by atoms with Crippen molar-refractivity contribution < 1.29 is 18.7 Å². The van der Waals surface area contributed by atoms with E-state index in [0.717, 1.165) is 17.2 Å². The van der Waals surface area contributed by atoms with Gasteiger partial charge in [-0.1, -0.05) is 37.3 Å². The Balaban J connectivity index is 1.85. The van der Waals surface area contributed by atoms with E-state index in [1.54, 1.807) is 0 Å². The summed E-state index contributed by atoms with van der Waals surface area (Å²) in [4.78, 5) is 27.3. The van der Waals surface area contributed by atoms with Gasteiger partial charge in [0, 0.05) is 5.56 Å². The minimum absolute atomic E-state index is 0.0486. The summed E-state index contributed by atoms with van der Waals surface area (Å²) < 4.78 is 19.5. The number of halogens is 1. The number of hydrogen-bond acceptors (Lipinski definition) is 4. The zero-order valence-electron chi connectivity index (χ0n) is 17.6. The van der Waals surface area contributed by atoms with Crippen LogP contribution in [0.4, 0.5) is 10.1 Å². The van der Waals surface area contributed by atoms with Crippen LogP contribution in [0.15, 0.2) is 66.2 Å². The van der Waals surface area contributed by atoms with Crippen molar-refractivity contribution in [2.24, 2.45) is 0 Å². The Labute approximate surface area is 190 Å². The van der Waals surface area contributed by atoms with Gasteiger partial charge in [0.15, 0.2) is 5.11 Å². The van der Waals surface area contributed by atoms with Gasteiger partial charge in [0.25, 0.3) is 11.8 Å². The van der Waals surface area contributed by atoms with E-state index in [1.165, 1.54) is 35.2 Å². The molecule has 1 aliphatic rings.